The number of fused-ring (bicyclic) bond motifs is 2. The van der Waals surface area contributed by atoms with Crippen molar-refractivity contribution in [2.24, 2.45) is 0 Å². The van der Waals surface area contributed by atoms with E-state index in [1.54, 1.807) is 0 Å². The average molecular weight is 432 g/mol. The van der Waals surface area contributed by atoms with Gasteiger partial charge < -0.3 is 9.32 Å². The second-order valence-corrected chi connectivity index (χ2v) is 8.58. The molecule has 3 aromatic carbocycles. The molecule has 1 unspecified atom stereocenters. The maximum Gasteiger partial charge on any atom is 0.192 e. The molecular weight excluding hydrogens is 410 g/mol. The molecule has 1 aromatic heterocycles. The summed E-state index contributed by atoms with van der Waals surface area (Å²) < 4.78 is 5.44. The largest absolute Gasteiger partial charge is 0.464 e. The Kier molecular flexibility index (Phi) is 5.34. The van der Waals surface area contributed by atoms with Crippen molar-refractivity contribution in [3.05, 3.63) is 93.3 Å². The van der Waals surface area contributed by atoms with Gasteiger partial charge in [0.25, 0.3) is 0 Å². The van der Waals surface area contributed by atoms with Crippen molar-refractivity contribution in [2.75, 3.05) is 19.6 Å². The molecule has 0 aliphatic carbocycles. The molecule has 31 heavy (non-hydrogen) atoms. The van der Waals surface area contributed by atoms with Gasteiger partial charge in [-0.25, -0.2) is 0 Å². The topological polar surface area (TPSA) is 50.5 Å². The molecule has 1 saturated heterocycles. The Balaban J connectivity index is 1.28. The molecule has 0 spiro atoms. The summed E-state index contributed by atoms with van der Waals surface area (Å²) in [4.78, 5) is 27.3. The molecule has 1 fully saturated rings. The van der Waals surface area contributed by atoms with Gasteiger partial charge in [0.05, 0.1) is 11.6 Å². The summed E-state index contributed by atoms with van der Waals surface area (Å²) in [6, 6.07) is 18.7. The maximum absolute atomic E-state index is 12.9. The quantitative estimate of drug-likeness (QED) is 0.302. The van der Waals surface area contributed by atoms with Crippen LogP contribution < -0.4 is 5.43 Å². The van der Waals surface area contributed by atoms with Gasteiger partial charge in [-0.05, 0) is 59.5 Å². The fourth-order valence-corrected chi connectivity index (χ4v) is 4.79. The smallest absolute Gasteiger partial charge is 0.192 e. The van der Waals surface area contributed by atoms with Crippen LogP contribution in [0.5, 0.6) is 0 Å². The highest BCUT2D eigenvalue weighted by Gasteiger charge is 2.25. The first kappa shape index (κ1) is 20.0. The Bertz CT molecular complexity index is 1340. The molecule has 0 amide bonds. The molecule has 4 aromatic rings. The van der Waals surface area contributed by atoms with E-state index < -0.39 is 0 Å². The van der Waals surface area contributed by atoms with Crippen LogP contribution >= 0.6 is 11.6 Å². The van der Waals surface area contributed by atoms with Crippen molar-refractivity contribution in [1.29, 1.82) is 0 Å². The zero-order valence-electron chi connectivity index (χ0n) is 17.0. The monoisotopic (exact) mass is 431 g/mol. The molecule has 0 N–H and O–H groups in total. The van der Waals surface area contributed by atoms with Gasteiger partial charge in [-0.2, -0.15) is 0 Å². The van der Waals surface area contributed by atoms with Gasteiger partial charge in [-0.15, -0.1) is 0 Å². The molecule has 1 aliphatic rings. The zero-order valence-corrected chi connectivity index (χ0v) is 17.8. The molecule has 1 atom stereocenters. The second kappa shape index (κ2) is 8.29. The van der Waals surface area contributed by atoms with E-state index in [0.29, 0.717) is 28.9 Å². The Morgan fingerprint density at radius 1 is 1.06 bits per heavy atom. The lowest BCUT2D eigenvalue weighted by atomic mass is 9.98. The Morgan fingerprint density at radius 3 is 2.81 bits per heavy atom. The van der Waals surface area contributed by atoms with Crippen LogP contribution in [-0.4, -0.2) is 30.3 Å². The van der Waals surface area contributed by atoms with Gasteiger partial charge in [0.2, 0.25) is 0 Å². The van der Waals surface area contributed by atoms with Gasteiger partial charge >= 0.3 is 0 Å². The van der Waals surface area contributed by atoms with Gasteiger partial charge in [-0.1, -0.05) is 41.9 Å². The molecular formula is C26H22ClNO3. The first-order valence-electron chi connectivity index (χ1n) is 10.5. The predicted octanol–water partition coefficient (Wildman–Crippen LogP) is 5.66. The van der Waals surface area contributed by atoms with Crippen LogP contribution in [0.3, 0.4) is 0 Å². The summed E-state index contributed by atoms with van der Waals surface area (Å²) in [6.07, 6.45) is 2.93. The summed E-state index contributed by atoms with van der Waals surface area (Å²) in [5.74, 6) is 0.535. The van der Waals surface area contributed by atoms with E-state index >= 15 is 0 Å². The predicted molar refractivity (Wildman–Crippen MR) is 124 cm³/mol. The van der Waals surface area contributed by atoms with Crippen molar-refractivity contribution < 1.29 is 9.21 Å². The van der Waals surface area contributed by atoms with Crippen LogP contribution in [0.25, 0.3) is 21.7 Å². The molecule has 5 rings (SSSR count). The number of carbonyl (C=O) groups is 1. The molecule has 5 heteroatoms. The van der Waals surface area contributed by atoms with E-state index in [0.717, 1.165) is 41.9 Å². The van der Waals surface area contributed by atoms with E-state index in [2.05, 4.69) is 11.0 Å². The number of nitrogens with zero attached hydrogens (tertiary/aromatic N) is 1. The second-order valence-electron chi connectivity index (χ2n) is 8.18. The zero-order chi connectivity index (χ0) is 21.4. The summed E-state index contributed by atoms with van der Waals surface area (Å²) >= 11 is 6.36. The first-order chi connectivity index (χ1) is 15.1. The van der Waals surface area contributed by atoms with Crippen LogP contribution in [-0.2, 0) is 0 Å². The molecule has 156 valence electrons. The Labute approximate surface area is 185 Å². The number of Topliss-reactive ketones (excluding diaryl/α,β-unsaturated/α-hetero) is 1. The van der Waals surface area contributed by atoms with Crippen LogP contribution in [0.4, 0.5) is 0 Å². The number of halogens is 1. The van der Waals surface area contributed by atoms with Crippen molar-refractivity contribution in [2.45, 2.75) is 18.8 Å². The minimum Gasteiger partial charge on any atom is -0.464 e. The maximum atomic E-state index is 12.9. The third-order valence-corrected chi connectivity index (χ3v) is 6.56. The minimum atomic E-state index is -0.0815. The van der Waals surface area contributed by atoms with E-state index in [1.165, 1.54) is 17.9 Å². The van der Waals surface area contributed by atoms with Gasteiger partial charge in [0.15, 0.2) is 11.2 Å². The fourth-order valence-electron chi connectivity index (χ4n) is 4.50. The standard InChI is InChI=1S/C26H22ClNO3/c27-23-4-2-1-3-21(23)19-7-10-28(16-19)11-8-24(29)18-6-5-17-15-26-22(14-20(17)13-18)25(30)9-12-31-26/h1-6,9,12-15,19H,7-8,10-11,16H2. The lowest BCUT2D eigenvalue weighted by molar-refractivity contribution is 0.0969. The van der Waals surface area contributed by atoms with Crippen molar-refractivity contribution in [3.63, 3.8) is 0 Å². The van der Waals surface area contributed by atoms with E-state index in [1.807, 2.05) is 48.5 Å². The number of carbonyl (C=O) groups excluding carboxylic acids is 1. The molecule has 0 saturated carbocycles. The minimum absolute atomic E-state index is 0.0815. The van der Waals surface area contributed by atoms with Crippen LogP contribution in [0.2, 0.25) is 5.02 Å². The Morgan fingerprint density at radius 2 is 1.94 bits per heavy atom. The van der Waals surface area contributed by atoms with Crippen LogP contribution in [0, 0.1) is 0 Å². The summed E-state index contributed by atoms with van der Waals surface area (Å²) in [7, 11) is 0. The van der Waals surface area contributed by atoms with Crippen molar-refractivity contribution in [3.8, 4) is 0 Å². The third kappa shape index (κ3) is 4.01. The molecule has 0 radical (unpaired) electrons. The summed E-state index contributed by atoms with van der Waals surface area (Å²) in [5, 5.41) is 3.17. The molecule has 1 aliphatic heterocycles. The summed E-state index contributed by atoms with van der Waals surface area (Å²) in [6.45, 7) is 2.64. The van der Waals surface area contributed by atoms with Gasteiger partial charge in [0.1, 0.15) is 5.58 Å². The number of benzene rings is 3. The highest BCUT2D eigenvalue weighted by atomic mass is 35.5. The number of hydrogen-bond donors (Lipinski definition) is 0. The van der Waals surface area contributed by atoms with Crippen molar-refractivity contribution in [1.82, 2.24) is 4.90 Å². The third-order valence-electron chi connectivity index (χ3n) is 6.21. The lowest BCUT2D eigenvalue weighted by Crippen LogP contribution is -2.23. The van der Waals surface area contributed by atoms with Gasteiger partial charge in [0, 0.05) is 36.2 Å². The van der Waals surface area contributed by atoms with E-state index in [9.17, 15) is 9.59 Å². The normalized spacial score (nSPS) is 16.9. The molecule has 4 nitrogen and oxygen atoms in total. The average Bonchev–Trinajstić information content (AvgIpc) is 3.25. The number of likely N-dealkylation sites (tertiary alicyclic amines) is 1. The fraction of sp³-hybridized carbons (Fsp3) is 0.231. The number of hydrogen-bond acceptors (Lipinski definition) is 4. The SMILES string of the molecule is O=C(CCN1CCC(c2ccccc2Cl)C1)c1ccc2cc3occc(=O)c3cc2c1. The highest BCUT2D eigenvalue weighted by Crippen LogP contribution is 2.32. The van der Waals surface area contributed by atoms with Gasteiger partial charge in [-0.3, -0.25) is 9.59 Å². The molecule has 2 heterocycles. The van der Waals surface area contributed by atoms with Crippen LogP contribution in [0.15, 0.2) is 76.1 Å². The lowest BCUT2D eigenvalue weighted by Gasteiger charge is -2.16. The van der Waals surface area contributed by atoms with Crippen LogP contribution in [0.1, 0.15) is 34.7 Å². The summed E-state index contributed by atoms with van der Waals surface area (Å²) in [5.41, 5.74) is 2.35. The number of rotatable bonds is 5. The number of ketones is 1. The van der Waals surface area contributed by atoms with Crippen molar-refractivity contribution >= 4 is 39.1 Å². The molecule has 0 bridgehead atoms. The van der Waals surface area contributed by atoms with E-state index in [4.69, 9.17) is 16.0 Å². The van der Waals surface area contributed by atoms with E-state index in [-0.39, 0.29) is 11.2 Å². The highest BCUT2D eigenvalue weighted by molar-refractivity contribution is 6.31. The Hall–Kier alpha value is -2.95. The first-order valence-corrected chi connectivity index (χ1v) is 10.9.